The zero-order chi connectivity index (χ0) is 14.3. The van der Waals surface area contributed by atoms with Crippen molar-refractivity contribution in [2.75, 3.05) is 26.8 Å². The van der Waals surface area contributed by atoms with Gasteiger partial charge < -0.3 is 21.1 Å². The largest absolute Gasteiger partial charge is 0.383 e. The molecule has 2 amide bonds. The second-order valence-electron chi connectivity index (χ2n) is 5.38. The molecule has 0 saturated heterocycles. The van der Waals surface area contributed by atoms with Gasteiger partial charge in [-0.25, -0.2) is 0 Å². The molecule has 4 N–H and O–H groups in total. The highest BCUT2D eigenvalue weighted by Crippen LogP contribution is 2.30. The summed E-state index contributed by atoms with van der Waals surface area (Å²) in [5.74, 6) is 0.0128. The first-order valence-corrected chi connectivity index (χ1v) is 6.81. The van der Waals surface area contributed by atoms with Crippen LogP contribution in [0.25, 0.3) is 0 Å². The quantitative estimate of drug-likeness (QED) is 0.582. The molecule has 0 bridgehead atoms. The van der Waals surface area contributed by atoms with Crippen molar-refractivity contribution >= 4 is 11.8 Å². The highest BCUT2D eigenvalue weighted by Gasteiger charge is 2.37. The molecule has 1 aliphatic carbocycles. The van der Waals surface area contributed by atoms with Gasteiger partial charge in [0.1, 0.15) is 0 Å². The van der Waals surface area contributed by atoms with Crippen molar-refractivity contribution in [3.8, 4) is 0 Å². The second kappa shape index (κ2) is 7.45. The van der Waals surface area contributed by atoms with E-state index in [-0.39, 0.29) is 18.4 Å². The van der Waals surface area contributed by atoms with E-state index in [9.17, 15) is 9.59 Å². The maximum atomic E-state index is 12.1. The number of nitrogens with two attached hydrogens (primary N) is 1. The van der Waals surface area contributed by atoms with E-state index in [4.69, 9.17) is 10.5 Å². The Morgan fingerprint density at radius 2 is 2.16 bits per heavy atom. The van der Waals surface area contributed by atoms with Crippen LogP contribution in [0.5, 0.6) is 0 Å². The minimum Gasteiger partial charge on any atom is -0.383 e. The molecular weight excluding hydrogens is 246 g/mol. The molecule has 0 aliphatic heterocycles. The molecule has 2 unspecified atom stereocenters. The lowest BCUT2D eigenvalue weighted by Crippen LogP contribution is -2.57. The summed E-state index contributed by atoms with van der Waals surface area (Å²) in [5.41, 5.74) is 5.32. The fourth-order valence-electron chi connectivity index (χ4n) is 2.49. The first kappa shape index (κ1) is 15.9. The normalized spacial score (nSPS) is 26.8. The summed E-state index contributed by atoms with van der Waals surface area (Å²) < 4.78 is 4.82. The van der Waals surface area contributed by atoms with Gasteiger partial charge in [0.05, 0.1) is 18.7 Å². The molecule has 1 rings (SSSR count). The SMILES string of the molecule is COCCNC(=O)CNC(=O)C1(N)CCCC(C)C1. The Labute approximate surface area is 114 Å². The summed E-state index contributed by atoms with van der Waals surface area (Å²) >= 11 is 0. The standard InChI is InChI=1S/C13H25N3O3/c1-10-4-3-5-13(14,8-10)12(18)16-9-11(17)15-6-7-19-2/h10H,3-9,14H2,1-2H3,(H,15,17)(H,16,18). The van der Waals surface area contributed by atoms with E-state index in [1.165, 1.54) is 0 Å². The zero-order valence-electron chi connectivity index (χ0n) is 11.8. The third-order valence-electron chi connectivity index (χ3n) is 3.52. The van der Waals surface area contributed by atoms with Crippen LogP contribution in [0.15, 0.2) is 0 Å². The van der Waals surface area contributed by atoms with Gasteiger partial charge in [0.2, 0.25) is 11.8 Å². The number of nitrogens with one attached hydrogen (secondary N) is 2. The van der Waals surface area contributed by atoms with Crippen LogP contribution >= 0.6 is 0 Å². The van der Waals surface area contributed by atoms with Crippen molar-refractivity contribution < 1.29 is 14.3 Å². The smallest absolute Gasteiger partial charge is 0.240 e. The van der Waals surface area contributed by atoms with Crippen LogP contribution in [-0.2, 0) is 14.3 Å². The Morgan fingerprint density at radius 3 is 2.79 bits per heavy atom. The van der Waals surface area contributed by atoms with E-state index in [0.717, 1.165) is 12.8 Å². The maximum absolute atomic E-state index is 12.1. The van der Waals surface area contributed by atoms with E-state index >= 15 is 0 Å². The number of hydrogen-bond donors (Lipinski definition) is 3. The van der Waals surface area contributed by atoms with Gasteiger partial charge in [-0.05, 0) is 18.8 Å². The molecule has 0 heterocycles. The summed E-state index contributed by atoms with van der Waals surface area (Å²) in [4.78, 5) is 23.5. The topological polar surface area (TPSA) is 93.5 Å². The van der Waals surface area contributed by atoms with Gasteiger partial charge in [0.25, 0.3) is 0 Å². The van der Waals surface area contributed by atoms with Crippen molar-refractivity contribution in [1.82, 2.24) is 10.6 Å². The van der Waals surface area contributed by atoms with E-state index < -0.39 is 5.54 Å². The molecule has 6 nitrogen and oxygen atoms in total. The fourth-order valence-corrected chi connectivity index (χ4v) is 2.49. The average molecular weight is 271 g/mol. The number of ether oxygens (including phenoxy) is 1. The lowest BCUT2D eigenvalue weighted by molar-refractivity contribution is -0.130. The summed E-state index contributed by atoms with van der Waals surface area (Å²) in [5, 5.41) is 5.27. The Morgan fingerprint density at radius 1 is 1.42 bits per heavy atom. The number of carbonyl (C=O) groups excluding carboxylic acids is 2. The van der Waals surface area contributed by atoms with E-state index in [0.29, 0.717) is 31.9 Å². The van der Waals surface area contributed by atoms with Gasteiger partial charge in [0.15, 0.2) is 0 Å². The van der Waals surface area contributed by atoms with Crippen LogP contribution in [-0.4, -0.2) is 44.2 Å². The third-order valence-corrected chi connectivity index (χ3v) is 3.52. The summed E-state index contributed by atoms with van der Waals surface area (Å²) in [7, 11) is 1.57. The van der Waals surface area contributed by atoms with Gasteiger partial charge in [-0.2, -0.15) is 0 Å². The van der Waals surface area contributed by atoms with Crippen LogP contribution in [0, 0.1) is 5.92 Å². The van der Waals surface area contributed by atoms with Crippen molar-refractivity contribution in [3.05, 3.63) is 0 Å². The van der Waals surface area contributed by atoms with E-state index in [2.05, 4.69) is 17.6 Å². The monoisotopic (exact) mass is 271 g/mol. The van der Waals surface area contributed by atoms with Crippen molar-refractivity contribution in [3.63, 3.8) is 0 Å². The van der Waals surface area contributed by atoms with Gasteiger partial charge in [-0.15, -0.1) is 0 Å². The van der Waals surface area contributed by atoms with Crippen molar-refractivity contribution in [1.29, 1.82) is 0 Å². The number of rotatable bonds is 6. The number of amides is 2. The Hall–Kier alpha value is -1.14. The maximum Gasteiger partial charge on any atom is 0.240 e. The molecule has 110 valence electrons. The molecule has 6 heteroatoms. The Kier molecular flexibility index (Phi) is 6.24. The highest BCUT2D eigenvalue weighted by atomic mass is 16.5. The molecule has 19 heavy (non-hydrogen) atoms. The van der Waals surface area contributed by atoms with Crippen LogP contribution < -0.4 is 16.4 Å². The first-order valence-electron chi connectivity index (χ1n) is 6.81. The Balaban J connectivity index is 2.32. The lowest BCUT2D eigenvalue weighted by Gasteiger charge is -2.35. The second-order valence-corrected chi connectivity index (χ2v) is 5.38. The molecule has 0 aromatic carbocycles. The molecule has 2 atom stereocenters. The minimum absolute atomic E-state index is 0.0319. The third kappa shape index (κ3) is 5.16. The fraction of sp³-hybridized carbons (Fsp3) is 0.846. The predicted octanol–water partition coefficient (Wildman–Crippen LogP) is -0.227. The number of hydrogen-bond acceptors (Lipinski definition) is 4. The van der Waals surface area contributed by atoms with Crippen LogP contribution in [0.1, 0.15) is 32.6 Å². The van der Waals surface area contributed by atoms with E-state index in [1.807, 2.05) is 0 Å². The summed E-state index contributed by atoms with van der Waals surface area (Å²) in [6.07, 6.45) is 3.45. The molecule has 0 spiro atoms. The van der Waals surface area contributed by atoms with Gasteiger partial charge >= 0.3 is 0 Å². The molecule has 0 radical (unpaired) electrons. The van der Waals surface area contributed by atoms with Gasteiger partial charge in [-0.1, -0.05) is 19.8 Å². The molecule has 1 fully saturated rings. The number of carbonyl (C=O) groups is 2. The van der Waals surface area contributed by atoms with Gasteiger partial charge in [-0.3, -0.25) is 9.59 Å². The van der Waals surface area contributed by atoms with E-state index in [1.54, 1.807) is 7.11 Å². The molecule has 0 aromatic heterocycles. The van der Waals surface area contributed by atoms with Gasteiger partial charge in [0, 0.05) is 13.7 Å². The predicted molar refractivity (Wildman–Crippen MR) is 72.4 cm³/mol. The first-order chi connectivity index (χ1) is 8.98. The zero-order valence-corrected chi connectivity index (χ0v) is 11.8. The number of methoxy groups -OCH3 is 1. The molecule has 0 aromatic rings. The summed E-state index contributed by atoms with van der Waals surface area (Å²) in [6, 6.07) is 0. The lowest BCUT2D eigenvalue weighted by atomic mass is 9.76. The molecule has 1 saturated carbocycles. The Bertz CT molecular complexity index is 322. The highest BCUT2D eigenvalue weighted by molar-refractivity contribution is 5.90. The van der Waals surface area contributed by atoms with Crippen LogP contribution in [0.4, 0.5) is 0 Å². The average Bonchev–Trinajstić information content (AvgIpc) is 2.36. The van der Waals surface area contributed by atoms with Crippen LogP contribution in [0.2, 0.25) is 0 Å². The van der Waals surface area contributed by atoms with Crippen molar-refractivity contribution in [2.24, 2.45) is 11.7 Å². The minimum atomic E-state index is -0.815. The summed E-state index contributed by atoms with van der Waals surface area (Å²) in [6.45, 7) is 2.97. The van der Waals surface area contributed by atoms with Crippen molar-refractivity contribution in [2.45, 2.75) is 38.1 Å². The van der Waals surface area contributed by atoms with Crippen LogP contribution in [0.3, 0.4) is 0 Å². The molecule has 1 aliphatic rings. The molecular formula is C13H25N3O3.